The predicted molar refractivity (Wildman–Crippen MR) is 123 cm³/mol. The second-order valence-electron chi connectivity index (χ2n) is 8.60. The van der Waals surface area contributed by atoms with Crippen LogP contribution in [0.25, 0.3) is 11.1 Å². The Morgan fingerprint density at radius 3 is 2.30 bits per heavy atom. The summed E-state index contributed by atoms with van der Waals surface area (Å²) in [5.41, 5.74) is 2.94. The number of fused-ring (bicyclic) bond motifs is 1. The summed E-state index contributed by atoms with van der Waals surface area (Å²) in [6.45, 7) is 0.212. The number of ether oxygens (including phenoxy) is 2. The molecule has 2 heterocycles. The molecule has 0 amide bonds. The number of aromatic nitrogens is 1. The van der Waals surface area contributed by atoms with Gasteiger partial charge in [-0.2, -0.15) is 0 Å². The number of carbonyl (C=O) groups is 1. The summed E-state index contributed by atoms with van der Waals surface area (Å²) < 4.78 is 36.5. The minimum Gasteiger partial charge on any atom is -0.454 e. The monoisotopic (exact) mass is 464 g/mol. The topological polar surface area (TPSA) is 85.8 Å². The lowest BCUT2D eigenvalue weighted by Gasteiger charge is -2.15. The number of hydrogen-bond acceptors (Lipinski definition) is 6. The van der Waals surface area contributed by atoms with Crippen molar-refractivity contribution in [1.29, 1.82) is 0 Å². The third kappa shape index (κ3) is 3.89. The minimum absolute atomic E-state index is 0.153. The molecule has 0 saturated heterocycles. The van der Waals surface area contributed by atoms with Crippen LogP contribution in [-0.2, 0) is 26.7 Å². The van der Waals surface area contributed by atoms with Gasteiger partial charge in [-0.15, -0.1) is 0 Å². The Morgan fingerprint density at radius 1 is 0.970 bits per heavy atom. The van der Waals surface area contributed by atoms with Gasteiger partial charge in [-0.1, -0.05) is 24.3 Å². The molecule has 0 atom stereocenters. The second kappa shape index (κ2) is 7.97. The number of hydrogen-bond donors (Lipinski definition) is 0. The van der Waals surface area contributed by atoms with Gasteiger partial charge in [0.2, 0.25) is 16.8 Å². The van der Waals surface area contributed by atoms with Gasteiger partial charge < -0.3 is 9.47 Å². The third-order valence-corrected chi connectivity index (χ3v) is 8.17. The molecule has 1 aromatic heterocycles. The Hall–Kier alpha value is -3.23. The van der Waals surface area contributed by atoms with Crippen LogP contribution in [0.2, 0.25) is 0 Å². The fourth-order valence-electron chi connectivity index (χ4n) is 4.11. The van der Waals surface area contributed by atoms with Crippen LogP contribution in [0.15, 0.2) is 65.7 Å². The molecule has 3 aromatic rings. The van der Waals surface area contributed by atoms with E-state index in [-0.39, 0.29) is 23.9 Å². The van der Waals surface area contributed by atoms with Gasteiger partial charge in [0.1, 0.15) is 5.78 Å². The summed E-state index contributed by atoms with van der Waals surface area (Å²) in [4.78, 5) is 17.9. The van der Waals surface area contributed by atoms with Crippen molar-refractivity contribution in [2.45, 2.75) is 29.6 Å². The van der Waals surface area contributed by atoms with Crippen molar-refractivity contribution >= 4 is 15.8 Å². The van der Waals surface area contributed by atoms with Crippen molar-refractivity contribution in [2.75, 3.05) is 20.9 Å². The number of nitrogens with zero attached hydrogens (tertiary/aromatic N) is 2. The van der Waals surface area contributed by atoms with Crippen LogP contribution in [-0.4, -0.2) is 44.4 Å². The first-order valence-electron chi connectivity index (χ1n) is 10.7. The lowest BCUT2D eigenvalue weighted by atomic mass is 9.88. The summed E-state index contributed by atoms with van der Waals surface area (Å²) in [7, 11) is -0.454. The van der Waals surface area contributed by atoms with Crippen molar-refractivity contribution in [3.05, 3.63) is 72.1 Å². The Labute approximate surface area is 193 Å². The van der Waals surface area contributed by atoms with E-state index in [1.165, 1.54) is 18.4 Å². The summed E-state index contributed by atoms with van der Waals surface area (Å²) in [5, 5.41) is 0. The number of carbonyl (C=O) groups excluding carboxylic acids is 1. The zero-order chi connectivity index (χ0) is 23.2. The van der Waals surface area contributed by atoms with Crippen molar-refractivity contribution < 1.29 is 22.7 Å². The molecule has 2 aliphatic rings. The molecule has 1 fully saturated rings. The first kappa shape index (κ1) is 21.6. The molecule has 1 saturated carbocycles. The molecule has 0 radical (unpaired) electrons. The van der Waals surface area contributed by atoms with Crippen LogP contribution >= 0.6 is 0 Å². The van der Waals surface area contributed by atoms with E-state index in [0.29, 0.717) is 17.2 Å². The number of Topliss-reactive ketones (excluding diaryl/α,β-unsaturated/α-hetero) is 1. The number of benzene rings is 2. The fourth-order valence-corrected chi connectivity index (χ4v) is 5.01. The normalized spacial score (nSPS) is 16.1. The molecule has 0 unspecified atom stereocenters. The van der Waals surface area contributed by atoms with Crippen LogP contribution in [0.4, 0.5) is 0 Å². The van der Waals surface area contributed by atoms with Crippen LogP contribution in [0.3, 0.4) is 0 Å². The van der Waals surface area contributed by atoms with Crippen molar-refractivity contribution in [2.24, 2.45) is 0 Å². The third-order valence-electron chi connectivity index (χ3n) is 6.34. The Balaban J connectivity index is 1.30. The first-order valence-corrected chi connectivity index (χ1v) is 12.1. The quantitative estimate of drug-likeness (QED) is 0.531. The van der Waals surface area contributed by atoms with Gasteiger partial charge in [0.05, 0.1) is 10.3 Å². The molecule has 2 aromatic carbocycles. The lowest BCUT2D eigenvalue weighted by Crippen LogP contribution is -2.22. The maximum Gasteiger partial charge on any atom is 0.242 e. The highest BCUT2D eigenvalue weighted by atomic mass is 32.2. The standard InChI is InChI=1S/C25H24N2O5S/c1-27(2)33(29,30)21-8-4-17(5-9-21)18-3-7-20(26-15-18)14-24(28)25(11-12-25)19-6-10-22-23(13-19)32-16-31-22/h3-10,13,15H,11-12,14,16H2,1-2H3. The van der Waals surface area contributed by atoms with Crippen LogP contribution < -0.4 is 9.47 Å². The van der Waals surface area contributed by atoms with Crippen LogP contribution in [0, 0.1) is 0 Å². The van der Waals surface area contributed by atoms with Gasteiger partial charge in [0.15, 0.2) is 11.5 Å². The van der Waals surface area contributed by atoms with Gasteiger partial charge >= 0.3 is 0 Å². The predicted octanol–water partition coefficient (Wildman–Crippen LogP) is 3.57. The number of rotatable bonds is 7. The van der Waals surface area contributed by atoms with E-state index >= 15 is 0 Å². The molecular formula is C25H24N2O5S. The molecule has 0 bridgehead atoms. The largest absolute Gasteiger partial charge is 0.454 e. The smallest absolute Gasteiger partial charge is 0.242 e. The van der Waals surface area contributed by atoms with Crippen molar-refractivity contribution in [3.8, 4) is 22.6 Å². The number of ketones is 1. The first-order chi connectivity index (χ1) is 15.8. The molecule has 33 heavy (non-hydrogen) atoms. The molecule has 0 N–H and O–H groups in total. The van der Waals surface area contributed by atoms with Crippen LogP contribution in [0.5, 0.6) is 11.5 Å². The van der Waals surface area contributed by atoms with E-state index in [0.717, 1.165) is 29.5 Å². The van der Waals surface area contributed by atoms with E-state index in [1.54, 1.807) is 30.5 Å². The molecule has 1 aliphatic carbocycles. The van der Waals surface area contributed by atoms with Gasteiger partial charge in [0, 0.05) is 38.0 Å². The molecule has 0 spiro atoms. The van der Waals surface area contributed by atoms with Crippen molar-refractivity contribution in [1.82, 2.24) is 9.29 Å². The van der Waals surface area contributed by atoms with E-state index < -0.39 is 15.4 Å². The number of pyridine rings is 1. The van der Waals surface area contributed by atoms with Gasteiger partial charge in [-0.25, -0.2) is 12.7 Å². The maximum atomic E-state index is 13.2. The Kier molecular flexibility index (Phi) is 5.22. The molecule has 7 nitrogen and oxygen atoms in total. The molecule has 170 valence electrons. The Morgan fingerprint density at radius 2 is 1.67 bits per heavy atom. The average molecular weight is 465 g/mol. The van der Waals surface area contributed by atoms with E-state index in [9.17, 15) is 13.2 Å². The minimum atomic E-state index is -3.47. The maximum absolute atomic E-state index is 13.2. The molecule has 5 rings (SSSR count). The lowest BCUT2D eigenvalue weighted by molar-refractivity contribution is -0.120. The van der Waals surface area contributed by atoms with Crippen molar-refractivity contribution in [3.63, 3.8) is 0 Å². The Bertz CT molecular complexity index is 1310. The highest BCUT2D eigenvalue weighted by molar-refractivity contribution is 7.89. The van der Waals surface area contributed by atoms with Gasteiger partial charge in [0.25, 0.3) is 0 Å². The molecular weight excluding hydrogens is 440 g/mol. The summed E-state index contributed by atoms with van der Waals surface area (Å²) in [5.74, 6) is 1.56. The summed E-state index contributed by atoms with van der Waals surface area (Å²) in [6.07, 6.45) is 3.63. The zero-order valence-corrected chi connectivity index (χ0v) is 19.3. The second-order valence-corrected chi connectivity index (χ2v) is 10.8. The van der Waals surface area contributed by atoms with E-state index in [4.69, 9.17) is 9.47 Å². The van der Waals surface area contributed by atoms with E-state index in [2.05, 4.69) is 4.98 Å². The highest BCUT2D eigenvalue weighted by Gasteiger charge is 2.50. The fraction of sp³-hybridized carbons (Fsp3) is 0.280. The zero-order valence-electron chi connectivity index (χ0n) is 18.4. The summed E-state index contributed by atoms with van der Waals surface area (Å²) >= 11 is 0. The highest BCUT2D eigenvalue weighted by Crippen LogP contribution is 2.51. The summed E-state index contributed by atoms with van der Waals surface area (Å²) in [6, 6.07) is 16.2. The number of sulfonamides is 1. The SMILES string of the molecule is CN(C)S(=O)(=O)c1ccc(-c2ccc(CC(=O)C3(c4ccc5c(c4)OCO5)CC3)nc2)cc1. The van der Waals surface area contributed by atoms with Gasteiger partial charge in [-0.3, -0.25) is 9.78 Å². The molecule has 1 aliphatic heterocycles. The van der Waals surface area contributed by atoms with Gasteiger partial charge in [-0.05, 0) is 54.3 Å². The van der Waals surface area contributed by atoms with E-state index in [1.807, 2.05) is 30.3 Å². The average Bonchev–Trinajstić information content (AvgIpc) is 3.50. The molecule has 8 heteroatoms. The van der Waals surface area contributed by atoms with Crippen LogP contribution in [0.1, 0.15) is 24.1 Å².